The van der Waals surface area contributed by atoms with E-state index in [1.165, 1.54) is 10.5 Å². The van der Waals surface area contributed by atoms with Crippen LogP contribution >= 0.6 is 10.0 Å². The van der Waals surface area contributed by atoms with E-state index in [1.807, 2.05) is 0 Å². The van der Waals surface area contributed by atoms with Gasteiger partial charge in [0.1, 0.15) is 0 Å². The van der Waals surface area contributed by atoms with Crippen LogP contribution in [0.15, 0.2) is 29.2 Å². The number of rotatable bonds is 2. The van der Waals surface area contributed by atoms with E-state index in [0.29, 0.717) is 5.92 Å². The van der Waals surface area contributed by atoms with Gasteiger partial charge in [-0.05, 0) is 41.2 Å². The molecule has 0 unspecified atom stereocenters. The highest BCUT2D eigenvalue weighted by atomic mass is 32.3. The molecule has 0 aromatic heterocycles. The van der Waals surface area contributed by atoms with Crippen molar-refractivity contribution in [2.75, 3.05) is 18.8 Å². The largest absolute Gasteiger partial charge is 0.223 e. The molecular weight excluding hydrogens is 176 g/mol. The zero-order valence-electron chi connectivity index (χ0n) is 9.29. The van der Waals surface area contributed by atoms with Crippen molar-refractivity contribution in [1.29, 1.82) is 0 Å². The molecule has 74 valence electrons. The number of benzene rings is 1. The highest BCUT2D eigenvalue weighted by Gasteiger charge is 2.08. The standard InChI is InChI=1S/C12H20S/c1-10(2)11-7-6-8-12(9-11)13(3,4)5/h6-10H,1-5H3. The van der Waals surface area contributed by atoms with Crippen molar-refractivity contribution >= 4 is 10.0 Å². The van der Waals surface area contributed by atoms with E-state index >= 15 is 0 Å². The van der Waals surface area contributed by atoms with Crippen LogP contribution in [0.25, 0.3) is 0 Å². The quantitative estimate of drug-likeness (QED) is 0.673. The summed E-state index contributed by atoms with van der Waals surface area (Å²) in [5.41, 5.74) is 1.46. The SMILES string of the molecule is CC(C)c1cccc(S(C)(C)C)c1. The molecule has 0 amide bonds. The van der Waals surface area contributed by atoms with Crippen LogP contribution in [0.5, 0.6) is 0 Å². The fourth-order valence-electron chi connectivity index (χ4n) is 1.25. The van der Waals surface area contributed by atoms with Gasteiger partial charge in [-0.15, -0.1) is 0 Å². The van der Waals surface area contributed by atoms with Gasteiger partial charge in [0.25, 0.3) is 0 Å². The smallest absolute Gasteiger partial charge is 0.0103 e. The molecule has 1 aromatic carbocycles. The van der Waals surface area contributed by atoms with Crippen molar-refractivity contribution in [2.24, 2.45) is 0 Å². The molecule has 0 heterocycles. The van der Waals surface area contributed by atoms with Gasteiger partial charge < -0.3 is 0 Å². The average Bonchev–Trinajstić information content (AvgIpc) is 2.03. The Labute approximate surface area is 83.7 Å². The number of hydrogen-bond donors (Lipinski definition) is 0. The fraction of sp³-hybridized carbons (Fsp3) is 0.500. The maximum absolute atomic E-state index is 2.36. The molecule has 1 aromatic rings. The summed E-state index contributed by atoms with van der Waals surface area (Å²) in [5, 5.41) is 0. The normalized spacial score (nSPS) is 13.4. The molecular formula is C12H20S. The van der Waals surface area contributed by atoms with Gasteiger partial charge in [0.05, 0.1) is 0 Å². The maximum atomic E-state index is 2.36. The van der Waals surface area contributed by atoms with E-state index in [1.54, 1.807) is 0 Å². The van der Waals surface area contributed by atoms with Gasteiger partial charge in [-0.2, -0.15) is 0 Å². The lowest BCUT2D eigenvalue weighted by atomic mass is 10.0. The van der Waals surface area contributed by atoms with Crippen molar-refractivity contribution in [3.63, 3.8) is 0 Å². The van der Waals surface area contributed by atoms with Crippen LogP contribution in [-0.2, 0) is 0 Å². The van der Waals surface area contributed by atoms with Crippen molar-refractivity contribution in [3.05, 3.63) is 29.8 Å². The Balaban J connectivity index is 3.06. The fourth-order valence-corrected chi connectivity index (χ4v) is 2.23. The van der Waals surface area contributed by atoms with Gasteiger partial charge in [-0.1, -0.05) is 32.0 Å². The predicted molar refractivity (Wildman–Crippen MR) is 64.2 cm³/mol. The van der Waals surface area contributed by atoms with Crippen LogP contribution in [0.3, 0.4) is 0 Å². The molecule has 0 bridgehead atoms. The molecule has 0 saturated carbocycles. The molecule has 13 heavy (non-hydrogen) atoms. The Morgan fingerprint density at radius 1 is 1.08 bits per heavy atom. The van der Waals surface area contributed by atoms with Crippen molar-refractivity contribution < 1.29 is 0 Å². The minimum atomic E-state index is -0.559. The van der Waals surface area contributed by atoms with Crippen LogP contribution in [0.1, 0.15) is 25.3 Å². The van der Waals surface area contributed by atoms with Crippen molar-refractivity contribution in [3.8, 4) is 0 Å². The van der Waals surface area contributed by atoms with E-state index in [-0.39, 0.29) is 0 Å². The topological polar surface area (TPSA) is 0 Å². The summed E-state index contributed by atoms with van der Waals surface area (Å²) >= 11 is 0. The Bertz CT molecular complexity index is 281. The first-order valence-corrected chi connectivity index (χ1v) is 7.55. The van der Waals surface area contributed by atoms with Gasteiger partial charge in [0.2, 0.25) is 0 Å². The lowest BCUT2D eigenvalue weighted by Gasteiger charge is -2.26. The zero-order valence-corrected chi connectivity index (χ0v) is 10.1. The first-order valence-electron chi connectivity index (χ1n) is 4.69. The number of hydrogen-bond acceptors (Lipinski definition) is 0. The predicted octanol–water partition coefficient (Wildman–Crippen LogP) is 3.86. The van der Waals surface area contributed by atoms with Crippen molar-refractivity contribution in [2.45, 2.75) is 24.7 Å². The summed E-state index contributed by atoms with van der Waals surface area (Å²) in [6.07, 6.45) is 7.02. The van der Waals surface area contributed by atoms with Gasteiger partial charge in [-0.25, -0.2) is 10.0 Å². The summed E-state index contributed by atoms with van der Waals surface area (Å²) in [6, 6.07) is 9.02. The molecule has 0 aliphatic rings. The lowest BCUT2D eigenvalue weighted by molar-refractivity contribution is 0.862. The van der Waals surface area contributed by atoms with E-state index in [4.69, 9.17) is 0 Å². The van der Waals surface area contributed by atoms with Crippen LogP contribution < -0.4 is 0 Å². The van der Waals surface area contributed by atoms with Crippen LogP contribution in [0.4, 0.5) is 0 Å². The molecule has 0 aliphatic carbocycles. The summed E-state index contributed by atoms with van der Waals surface area (Å²) in [6.45, 7) is 4.49. The average molecular weight is 196 g/mol. The molecule has 1 rings (SSSR count). The van der Waals surface area contributed by atoms with Gasteiger partial charge in [0.15, 0.2) is 0 Å². The van der Waals surface area contributed by atoms with Crippen LogP contribution in [0.2, 0.25) is 0 Å². The summed E-state index contributed by atoms with van der Waals surface area (Å²) in [4.78, 5) is 1.51. The minimum Gasteiger partial charge on any atom is -0.223 e. The van der Waals surface area contributed by atoms with Gasteiger partial charge in [-0.3, -0.25) is 0 Å². The molecule has 0 aliphatic heterocycles. The van der Waals surface area contributed by atoms with E-state index in [0.717, 1.165) is 0 Å². The van der Waals surface area contributed by atoms with Gasteiger partial charge in [0, 0.05) is 0 Å². The Hall–Kier alpha value is -0.430. The second-order valence-electron chi connectivity index (χ2n) is 4.56. The third kappa shape index (κ3) is 2.77. The molecule has 0 spiro atoms. The van der Waals surface area contributed by atoms with Gasteiger partial charge >= 0.3 is 0 Å². The van der Waals surface area contributed by atoms with E-state index in [9.17, 15) is 0 Å². The Morgan fingerprint density at radius 2 is 1.69 bits per heavy atom. The molecule has 0 saturated heterocycles. The second kappa shape index (κ2) is 3.75. The first kappa shape index (κ1) is 10.6. The first-order chi connectivity index (χ1) is 5.91. The second-order valence-corrected chi connectivity index (χ2v) is 8.71. The maximum Gasteiger partial charge on any atom is -0.0103 e. The van der Waals surface area contributed by atoms with E-state index < -0.39 is 10.0 Å². The van der Waals surface area contributed by atoms with Crippen LogP contribution in [0, 0.1) is 0 Å². The third-order valence-electron chi connectivity index (χ3n) is 2.23. The molecule has 1 heteroatoms. The minimum absolute atomic E-state index is 0.559. The Morgan fingerprint density at radius 3 is 2.15 bits per heavy atom. The Kier molecular flexibility index (Phi) is 3.07. The van der Waals surface area contributed by atoms with Crippen molar-refractivity contribution in [1.82, 2.24) is 0 Å². The highest BCUT2D eigenvalue weighted by Crippen LogP contribution is 2.45. The summed E-state index contributed by atoms with van der Waals surface area (Å²) < 4.78 is 0. The summed E-state index contributed by atoms with van der Waals surface area (Å²) in [7, 11) is -0.559. The van der Waals surface area contributed by atoms with Crippen LogP contribution in [-0.4, -0.2) is 18.8 Å². The molecule has 0 atom stereocenters. The highest BCUT2D eigenvalue weighted by molar-refractivity contribution is 8.32. The monoisotopic (exact) mass is 196 g/mol. The third-order valence-corrected chi connectivity index (χ3v) is 3.90. The molecule has 0 radical (unpaired) electrons. The molecule has 0 fully saturated rings. The van der Waals surface area contributed by atoms with E-state index in [2.05, 4.69) is 56.9 Å². The zero-order chi connectivity index (χ0) is 10.1. The summed E-state index contributed by atoms with van der Waals surface area (Å²) in [5.74, 6) is 0.640. The molecule has 0 N–H and O–H groups in total. The molecule has 0 nitrogen and oxygen atoms in total. The lowest BCUT2D eigenvalue weighted by Crippen LogP contribution is -1.95.